The Hall–Kier alpha value is -1.70. The molecule has 2 aromatic rings. The van der Waals surface area contributed by atoms with Crippen molar-refractivity contribution < 1.29 is 9.53 Å². The van der Waals surface area contributed by atoms with E-state index in [2.05, 4.69) is 20.3 Å². The summed E-state index contributed by atoms with van der Waals surface area (Å²) in [6, 6.07) is 3.37. The molecule has 22 heavy (non-hydrogen) atoms. The van der Waals surface area contributed by atoms with Gasteiger partial charge in [0.25, 0.3) is 5.91 Å². The molecule has 1 amide bonds. The summed E-state index contributed by atoms with van der Waals surface area (Å²) in [5, 5.41) is 7.30. The van der Waals surface area contributed by atoms with Gasteiger partial charge >= 0.3 is 0 Å². The zero-order chi connectivity index (χ0) is 15.4. The van der Waals surface area contributed by atoms with Crippen molar-refractivity contribution in [2.45, 2.75) is 6.42 Å². The van der Waals surface area contributed by atoms with Gasteiger partial charge in [0, 0.05) is 19.6 Å². The number of hydrogen-bond acceptors (Lipinski definition) is 5. The van der Waals surface area contributed by atoms with Crippen LogP contribution in [0.15, 0.2) is 18.3 Å². The highest BCUT2D eigenvalue weighted by atomic mass is 35.5. The number of ether oxygens (including phenoxy) is 1. The van der Waals surface area contributed by atoms with Gasteiger partial charge in [-0.2, -0.15) is 5.10 Å². The summed E-state index contributed by atoms with van der Waals surface area (Å²) in [4.78, 5) is 18.6. The van der Waals surface area contributed by atoms with Gasteiger partial charge in [-0.05, 0) is 25.1 Å². The highest BCUT2D eigenvalue weighted by Crippen LogP contribution is 2.08. The van der Waals surface area contributed by atoms with Gasteiger partial charge in [-0.15, -0.1) is 0 Å². The molecular weight excluding hydrogens is 306 g/mol. The predicted octanol–water partition coefficient (Wildman–Crippen LogP) is 0.835. The molecule has 3 heterocycles. The van der Waals surface area contributed by atoms with Gasteiger partial charge in [-0.1, -0.05) is 11.6 Å². The molecule has 7 nitrogen and oxygen atoms in total. The number of morpholine rings is 1. The number of fused-ring (bicyclic) bond motifs is 1. The van der Waals surface area contributed by atoms with E-state index in [1.54, 1.807) is 18.3 Å². The second-order valence-electron chi connectivity index (χ2n) is 5.15. The highest BCUT2D eigenvalue weighted by molar-refractivity contribution is 6.29. The van der Waals surface area contributed by atoms with Crippen molar-refractivity contribution in [1.82, 2.24) is 24.8 Å². The summed E-state index contributed by atoms with van der Waals surface area (Å²) < 4.78 is 6.81. The molecule has 1 saturated heterocycles. The number of aromatic nitrogens is 3. The van der Waals surface area contributed by atoms with Crippen molar-refractivity contribution in [3.8, 4) is 0 Å². The van der Waals surface area contributed by atoms with E-state index in [9.17, 15) is 4.79 Å². The van der Waals surface area contributed by atoms with E-state index in [1.807, 2.05) is 0 Å². The molecule has 3 rings (SSSR count). The Morgan fingerprint density at radius 2 is 2.18 bits per heavy atom. The summed E-state index contributed by atoms with van der Waals surface area (Å²) in [5.74, 6) is -0.191. The summed E-state index contributed by atoms with van der Waals surface area (Å²) in [6.07, 6.45) is 2.49. The first-order valence-corrected chi connectivity index (χ1v) is 7.70. The van der Waals surface area contributed by atoms with Crippen molar-refractivity contribution >= 4 is 23.2 Å². The number of nitrogens with one attached hydrogen (secondary N) is 1. The molecule has 0 radical (unpaired) electrons. The van der Waals surface area contributed by atoms with Crippen LogP contribution in [0.1, 0.15) is 16.9 Å². The number of imidazole rings is 1. The Kier molecular flexibility index (Phi) is 4.87. The fourth-order valence-corrected chi connectivity index (χ4v) is 2.53. The number of amides is 1. The number of carbonyl (C=O) groups is 1. The van der Waals surface area contributed by atoms with Crippen LogP contribution in [-0.4, -0.2) is 64.8 Å². The van der Waals surface area contributed by atoms with Gasteiger partial charge in [0.15, 0.2) is 5.65 Å². The number of rotatable bonds is 5. The summed E-state index contributed by atoms with van der Waals surface area (Å²) in [6.45, 7) is 5.11. The van der Waals surface area contributed by atoms with Crippen molar-refractivity contribution in [1.29, 1.82) is 0 Å². The van der Waals surface area contributed by atoms with Crippen LogP contribution in [0.4, 0.5) is 0 Å². The van der Waals surface area contributed by atoms with E-state index >= 15 is 0 Å². The molecule has 1 fully saturated rings. The Bertz CT molecular complexity index is 654. The topological polar surface area (TPSA) is 71.8 Å². The van der Waals surface area contributed by atoms with Crippen LogP contribution < -0.4 is 5.32 Å². The minimum Gasteiger partial charge on any atom is -0.379 e. The number of hydrogen-bond donors (Lipinski definition) is 1. The average Bonchev–Trinajstić information content (AvgIpc) is 2.95. The predicted molar refractivity (Wildman–Crippen MR) is 82.2 cm³/mol. The minimum absolute atomic E-state index is 0.191. The molecule has 0 atom stereocenters. The van der Waals surface area contributed by atoms with Crippen molar-refractivity contribution in [2.24, 2.45) is 0 Å². The molecule has 0 aliphatic carbocycles. The largest absolute Gasteiger partial charge is 0.379 e. The summed E-state index contributed by atoms with van der Waals surface area (Å²) >= 11 is 5.81. The van der Waals surface area contributed by atoms with Crippen LogP contribution in [0, 0.1) is 0 Å². The Morgan fingerprint density at radius 3 is 3.00 bits per heavy atom. The number of halogens is 1. The normalized spacial score (nSPS) is 16.0. The van der Waals surface area contributed by atoms with Crippen molar-refractivity contribution in [3.05, 3.63) is 29.2 Å². The molecule has 2 aromatic heterocycles. The van der Waals surface area contributed by atoms with Crippen LogP contribution in [0.2, 0.25) is 5.15 Å². The average molecular weight is 324 g/mol. The van der Waals surface area contributed by atoms with Crippen LogP contribution >= 0.6 is 11.6 Å². The van der Waals surface area contributed by atoms with E-state index in [-0.39, 0.29) is 5.91 Å². The summed E-state index contributed by atoms with van der Waals surface area (Å²) in [7, 11) is 0. The lowest BCUT2D eigenvalue weighted by Gasteiger charge is -2.26. The number of carbonyl (C=O) groups excluding carboxylic acids is 1. The Morgan fingerprint density at radius 1 is 1.36 bits per heavy atom. The smallest absolute Gasteiger partial charge is 0.271 e. The third kappa shape index (κ3) is 3.73. The van der Waals surface area contributed by atoms with Gasteiger partial charge in [0.05, 0.1) is 19.4 Å². The monoisotopic (exact) mass is 323 g/mol. The van der Waals surface area contributed by atoms with E-state index in [0.29, 0.717) is 23.0 Å². The second-order valence-corrected chi connectivity index (χ2v) is 5.54. The maximum atomic E-state index is 12.1. The minimum atomic E-state index is -0.191. The molecule has 1 aliphatic heterocycles. The fraction of sp³-hybridized carbons (Fsp3) is 0.500. The molecule has 8 heteroatoms. The lowest BCUT2D eigenvalue weighted by molar-refractivity contribution is 0.0374. The SMILES string of the molecule is O=C(NCCCN1CCOCC1)c1cn2nc(Cl)ccc2n1. The Balaban J connectivity index is 1.48. The second kappa shape index (κ2) is 7.04. The van der Waals surface area contributed by atoms with Crippen LogP contribution in [0.25, 0.3) is 5.65 Å². The van der Waals surface area contributed by atoms with Crippen molar-refractivity contribution in [3.63, 3.8) is 0 Å². The van der Waals surface area contributed by atoms with Gasteiger partial charge < -0.3 is 10.1 Å². The molecular formula is C14H18ClN5O2. The first-order chi connectivity index (χ1) is 10.7. The third-order valence-corrected chi connectivity index (χ3v) is 3.76. The molecule has 0 saturated carbocycles. The molecule has 0 spiro atoms. The van der Waals surface area contributed by atoms with Gasteiger partial charge in [0.1, 0.15) is 10.8 Å². The molecule has 118 valence electrons. The molecule has 0 unspecified atom stereocenters. The van der Waals surface area contributed by atoms with Gasteiger partial charge in [-0.3, -0.25) is 9.69 Å². The van der Waals surface area contributed by atoms with Crippen LogP contribution in [0.3, 0.4) is 0 Å². The molecule has 0 bridgehead atoms. The molecule has 0 aromatic carbocycles. The Labute approximate surface area is 133 Å². The fourth-order valence-electron chi connectivity index (χ4n) is 2.39. The maximum absolute atomic E-state index is 12.1. The first-order valence-electron chi connectivity index (χ1n) is 7.32. The van der Waals surface area contributed by atoms with E-state index in [4.69, 9.17) is 16.3 Å². The summed E-state index contributed by atoms with van der Waals surface area (Å²) in [5.41, 5.74) is 0.948. The lowest BCUT2D eigenvalue weighted by Crippen LogP contribution is -2.38. The standard InChI is InChI=1S/C14H18ClN5O2/c15-12-2-3-13-17-11(10-20(13)18-12)14(21)16-4-1-5-19-6-8-22-9-7-19/h2-3,10H,1,4-9H2,(H,16,21). The zero-order valence-corrected chi connectivity index (χ0v) is 12.9. The highest BCUT2D eigenvalue weighted by Gasteiger charge is 2.12. The maximum Gasteiger partial charge on any atom is 0.271 e. The number of nitrogens with zero attached hydrogens (tertiary/aromatic N) is 4. The quantitative estimate of drug-likeness (QED) is 0.825. The van der Waals surface area contributed by atoms with Gasteiger partial charge in [0.2, 0.25) is 0 Å². The zero-order valence-electron chi connectivity index (χ0n) is 12.2. The van der Waals surface area contributed by atoms with Crippen molar-refractivity contribution in [2.75, 3.05) is 39.4 Å². The molecule has 1 aliphatic rings. The first kappa shape index (κ1) is 15.2. The van der Waals surface area contributed by atoms with Crippen LogP contribution in [-0.2, 0) is 4.74 Å². The molecule has 1 N–H and O–H groups in total. The van der Waals surface area contributed by atoms with Crippen LogP contribution in [0.5, 0.6) is 0 Å². The lowest BCUT2D eigenvalue weighted by atomic mass is 10.3. The van der Waals surface area contributed by atoms with E-state index in [0.717, 1.165) is 39.3 Å². The van der Waals surface area contributed by atoms with Gasteiger partial charge in [-0.25, -0.2) is 9.50 Å². The third-order valence-electron chi connectivity index (χ3n) is 3.56. The van der Waals surface area contributed by atoms with E-state index in [1.165, 1.54) is 4.52 Å². The van der Waals surface area contributed by atoms with E-state index < -0.39 is 0 Å².